The molecular weight excluding hydrogens is 292 g/mol. The van der Waals surface area contributed by atoms with Gasteiger partial charge in [-0.2, -0.15) is 0 Å². The van der Waals surface area contributed by atoms with Crippen molar-refractivity contribution in [3.05, 3.63) is 22.2 Å². The number of carbonyl (C=O) groups is 2. The molecular formula is C11H9BrO5. The number of carboxylic acid groups (broad SMARTS) is 1. The zero-order valence-corrected chi connectivity index (χ0v) is 10.3. The van der Waals surface area contributed by atoms with Gasteiger partial charge in [0, 0.05) is 12.0 Å². The Morgan fingerprint density at radius 3 is 2.65 bits per heavy atom. The predicted octanol–water partition coefficient (Wildman–Crippen LogP) is 1.88. The maximum atomic E-state index is 11.4. The summed E-state index contributed by atoms with van der Waals surface area (Å²) in [6.45, 7) is 1.00. The Morgan fingerprint density at radius 1 is 1.24 bits per heavy atom. The Morgan fingerprint density at radius 2 is 1.94 bits per heavy atom. The molecule has 0 aromatic heterocycles. The van der Waals surface area contributed by atoms with E-state index in [1.54, 1.807) is 6.07 Å². The first-order chi connectivity index (χ1) is 8.11. The van der Waals surface area contributed by atoms with E-state index in [1.165, 1.54) is 6.07 Å². The lowest BCUT2D eigenvalue weighted by Crippen LogP contribution is -2.13. The fourth-order valence-corrected chi connectivity index (χ4v) is 2.11. The second kappa shape index (κ2) is 4.75. The lowest BCUT2D eigenvalue weighted by Gasteiger charge is -2.11. The third-order valence-electron chi connectivity index (χ3n) is 2.29. The summed E-state index contributed by atoms with van der Waals surface area (Å²) in [5, 5.41) is 8.68. The molecule has 0 atom stereocenters. The summed E-state index contributed by atoms with van der Waals surface area (Å²) in [5.41, 5.74) is 0.0572. The Balaban J connectivity index is 2.48. The van der Waals surface area contributed by atoms with Crippen LogP contribution in [0.15, 0.2) is 16.6 Å². The molecule has 0 saturated heterocycles. The zero-order chi connectivity index (χ0) is 12.4. The van der Waals surface area contributed by atoms with E-state index < -0.39 is 11.8 Å². The van der Waals surface area contributed by atoms with E-state index in [2.05, 4.69) is 15.9 Å². The minimum Gasteiger partial charge on any atom is -0.490 e. The number of carbonyl (C=O) groups excluding carboxylic acids is 1. The van der Waals surface area contributed by atoms with Crippen LogP contribution in [-0.4, -0.2) is 30.1 Å². The van der Waals surface area contributed by atoms with Crippen molar-refractivity contribution in [1.82, 2.24) is 0 Å². The molecule has 0 saturated carbocycles. The molecule has 1 aliphatic rings. The van der Waals surface area contributed by atoms with Crippen LogP contribution < -0.4 is 9.47 Å². The molecule has 5 nitrogen and oxygen atoms in total. The van der Waals surface area contributed by atoms with E-state index in [1.807, 2.05) is 0 Å². The molecule has 1 aliphatic heterocycles. The third kappa shape index (κ3) is 2.26. The zero-order valence-electron chi connectivity index (χ0n) is 8.73. The van der Waals surface area contributed by atoms with Crippen LogP contribution in [-0.2, 0) is 4.79 Å². The number of aliphatic carboxylic acids is 1. The fraction of sp³-hybridized carbons (Fsp3) is 0.273. The monoisotopic (exact) mass is 300 g/mol. The van der Waals surface area contributed by atoms with Gasteiger partial charge in [0.1, 0.15) is 0 Å². The number of hydrogen-bond donors (Lipinski definition) is 1. The molecule has 0 radical (unpaired) electrons. The number of halogens is 1. The van der Waals surface area contributed by atoms with E-state index in [9.17, 15) is 9.59 Å². The standard InChI is InChI=1S/C11H9BrO5/c12-8-6(9(13)11(14)15)2-3-7-10(8)17-5-1-4-16-7/h2-3H,1,4-5H2,(H,14,15). The molecule has 1 aromatic carbocycles. The number of Topliss-reactive ketones (excluding diaryl/α,β-unsaturated/α-hetero) is 1. The molecule has 0 unspecified atom stereocenters. The number of fused-ring (bicyclic) bond motifs is 1. The molecule has 1 aromatic rings. The smallest absolute Gasteiger partial charge is 0.377 e. The minimum absolute atomic E-state index is 0.0572. The van der Waals surface area contributed by atoms with Gasteiger partial charge in [-0.25, -0.2) is 4.79 Å². The molecule has 1 N–H and O–H groups in total. The van der Waals surface area contributed by atoms with Crippen LogP contribution in [0.4, 0.5) is 0 Å². The van der Waals surface area contributed by atoms with Crippen LogP contribution in [0.1, 0.15) is 16.8 Å². The van der Waals surface area contributed by atoms with E-state index in [-0.39, 0.29) is 5.56 Å². The molecule has 2 rings (SSSR count). The molecule has 90 valence electrons. The first-order valence-electron chi connectivity index (χ1n) is 4.97. The summed E-state index contributed by atoms with van der Waals surface area (Å²) in [4.78, 5) is 22.1. The van der Waals surface area contributed by atoms with Crippen LogP contribution in [0.25, 0.3) is 0 Å². The van der Waals surface area contributed by atoms with Gasteiger partial charge in [0.05, 0.1) is 17.7 Å². The van der Waals surface area contributed by atoms with Crippen LogP contribution in [0.2, 0.25) is 0 Å². The van der Waals surface area contributed by atoms with E-state index >= 15 is 0 Å². The number of hydrogen-bond acceptors (Lipinski definition) is 4. The number of benzene rings is 1. The van der Waals surface area contributed by atoms with Crippen LogP contribution >= 0.6 is 15.9 Å². The van der Waals surface area contributed by atoms with Gasteiger partial charge < -0.3 is 14.6 Å². The van der Waals surface area contributed by atoms with Gasteiger partial charge in [-0.05, 0) is 28.1 Å². The van der Waals surface area contributed by atoms with E-state index in [0.717, 1.165) is 6.42 Å². The average Bonchev–Trinajstić information content (AvgIpc) is 2.54. The highest BCUT2D eigenvalue weighted by Gasteiger charge is 2.23. The second-order valence-corrected chi connectivity index (χ2v) is 4.23. The van der Waals surface area contributed by atoms with Crippen molar-refractivity contribution in [2.24, 2.45) is 0 Å². The van der Waals surface area contributed by atoms with Crippen LogP contribution in [0.5, 0.6) is 11.5 Å². The van der Waals surface area contributed by atoms with Crippen LogP contribution in [0.3, 0.4) is 0 Å². The van der Waals surface area contributed by atoms with Gasteiger partial charge in [-0.15, -0.1) is 0 Å². The fourth-order valence-electron chi connectivity index (χ4n) is 1.49. The molecule has 0 bridgehead atoms. The first-order valence-corrected chi connectivity index (χ1v) is 5.76. The molecule has 0 fully saturated rings. The maximum absolute atomic E-state index is 11.4. The summed E-state index contributed by atoms with van der Waals surface area (Å²) < 4.78 is 11.2. The van der Waals surface area contributed by atoms with Gasteiger partial charge in [-0.1, -0.05) is 0 Å². The molecule has 0 amide bonds. The highest BCUT2D eigenvalue weighted by atomic mass is 79.9. The SMILES string of the molecule is O=C(O)C(=O)c1ccc2c(c1Br)OCCCO2. The lowest BCUT2D eigenvalue weighted by molar-refractivity contribution is -0.131. The summed E-state index contributed by atoms with van der Waals surface area (Å²) >= 11 is 3.18. The van der Waals surface area contributed by atoms with Crippen molar-refractivity contribution < 1.29 is 24.2 Å². The Hall–Kier alpha value is -1.56. The van der Waals surface area contributed by atoms with Crippen LogP contribution in [0, 0.1) is 0 Å². The van der Waals surface area contributed by atoms with Crippen molar-refractivity contribution in [1.29, 1.82) is 0 Å². The Labute approximate surface area is 105 Å². The van der Waals surface area contributed by atoms with Gasteiger partial charge in [-0.3, -0.25) is 4.79 Å². The topological polar surface area (TPSA) is 72.8 Å². The molecule has 1 heterocycles. The van der Waals surface area contributed by atoms with Gasteiger partial charge >= 0.3 is 5.97 Å². The number of carboxylic acids is 1. The predicted molar refractivity (Wildman–Crippen MR) is 61.7 cm³/mol. The molecule has 17 heavy (non-hydrogen) atoms. The second-order valence-electron chi connectivity index (χ2n) is 3.44. The largest absolute Gasteiger partial charge is 0.490 e. The number of ketones is 1. The van der Waals surface area contributed by atoms with E-state index in [4.69, 9.17) is 14.6 Å². The van der Waals surface area contributed by atoms with Gasteiger partial charge in [0.15, 0.2) is 11.5 Å². The highest BCUT2D eigenvalue weighted by Crippen LogP contribution is 2.39. The summed E-state index contributed by atoms with van der Waals surface area (Å²) in [7, 11) is 0. The van der Waals surface area contributed by atoms with Crippen molar-refractivity contribution in [2.45, 2.75) is 6.42 Å². The summed E-state index contributed by atoms with van der Waals surface area (Å²) in [6.07, 6.45) is 0.739. The Kier molecular flexibility index (Phi) is 3.33. The summed E-state index contributed by atoms with van der Waals surface area (Å²) in [5.74, 6) is -1.58. The van der Waals surface area contributed by atoms with Crippen molar-refractivity contribution in [3.8, 4) is 11.5 Å². The average molecular weight is 301 g/mol. The first kappa shape index (κ1) is 11.9. The third-order valence-corrected chi connectivity index (χ3v) is 3.08. The van der Waals surface area contributed by atoms with Gasteiger partial charge in [0.25, 0.3) is 5.78 Å². The minimum atomic E-state index is -1.50. The van der Waals surface area contributed by atoms with E-state index in [0.29, 0.717) is 29.2 Å². The molecule has 0 aliphatic carbocycles. The molecule has 0 spiro atoms. The summed E-state index contributed by atoms with van der Waals surface area (Å²) in [6, 6.07) is 2.95. The quantitative estimate of drug-likeness (QED) is 0.667. The van der Waals surface area contributed by atoms with Crippen molar-refractivity contribution in [2.75, 3.05) is 13.2 Å². The Bertz CT molecular complexity index is 483. The maximum Gasteiger partial charge on any atom is 0.377 e. The lowest BCUT2D eigenvalue weighted by atomic mass is 10.1. The van der Waals surface area contributed by atoms with Gasteiger partial charge in [0.2, 0.25) is 0 Å². The normalized spacial score (nSPS) is 13.9. The van der Waals surface area contributed by atoms with Crippen molar-refractivity contribution >= 4 is 27.7 Å². The number of rotatable bonds is 2. The number of ether oxygens (including phenoxy) is 2. The highest BCUT2D eigenvalue weighted by molar-refractivity contribution is 9.10. The van der Waals surface area contributed by atoms with Crippen molar-refractivity contribution in [3.63, 3.8) is 0 Å². The molecule has 6 heteroatoms.